The summed E-state index contributed by atoms with van der Waals surface area (Å²) in [4.78, 5) is 17.0. The van der Waals surface area contributed by atoms with E-state index in [0.717, 1.165) is 23.7 Å². The predicted molar refractivity (Wildman–Crippen MR) is 104 cm³/mol. The zero-order valence-electron chi connectivity index (χ0n) is 14.9. The minimum atomic E-state index is -0.104. The second kappa shape index (κ2) is 8.35. The molecule has 0 atom stereocenters. The van der Waals surface area contributed by atoms with Crippen LogP contribution in [0.2, 0.25) is 0 Å². The molecule has 3 heterocycles. The lowest BCUT2D eigenvalue weighted by Crippen LogP contribution is -2.24. The van der Waals surface area contributed by atoms with Crippen LogP contribution in [0, 0.1) is 0 Å². The summed E-state index contributed by atoms with van der Waals surface area (Å²) in [6.07, 6.45) is 4.79. The Kier molecular flexibility index (Phi) is 5.92. The van der Waals surface area contributed by atoms with Gasteiger partial charge in [0, 0.05) is 24.7 Å². The van der Waals surface area contributed by atoms with Crippen molar-refractivity contribution in [3.63, 3.8) is 0 Å². The first-order chi connectivity index (χ1) is 12.6. The number of nitrogens with zero attached hydrogens (tertiary/aromatic N) is 3. The summed E-state index contributed by atoms with van der Waals surface area (Å²) in [7, 11) is 0. The van der Waals surface area contributed by atoms with Crippen molar-refractivity contribution in [1.82, 2.24) is 19.9 Å². The molecule has 0 saturated carbocycles. The highest BCUT2D eigenvalue weighted by Crippen LogP contribution is 2.24. The molecule has 0 radical (unpaired) electrons. The molecule has 0 spiro atoms. The molecule has 0 aliphatic carbocycles. The largest absolute Gasteiger partial charge is 0.460 e. The topological polar surface area (TPSA) is 84.5 Å². The Morgan fingerprint density at radius 1 is 1.27 bits per heavy atom. The molecular formula is C18H22BrN5O2. The maximum absolute atomic E-state index is 12.5. The van der Waals surface area contributed by atoms with Gasteiger partial charge in [0.15, 0.2) is 11.4 Å². The number of anilines is 1. The number of pyridine rings is 1. The van der Waals surface area contributed by atoms with Crippen molar-refractivity contribution in [2.24, 2.45) is 0 Å². The van der Waals surface area contributed by atoms with Gasteiger partial charge in [-0.3, -0.25) is 4.79 Å². The van der Waals surface area contributed by atoms with Crippen molar-refractivity contribution in [2.45, 2.75) is 33.1 Å². The normalized spacial score (nSPS) is 11.0. The monoisotopic (exact) mass is 419 g/mol. The number of carbonyl (C=O) groups is 1. The van der Waals surface area contributed by atoms with Gasteiger partial charge < -0.3 is 15.1 Å². The Hall–Kier alpha value is -2.35. The first-order valence-corrected chi connectivity index (χ1v) is 9.59. The Morgan fingerprint density at radius 2 is 2.12 bits per heavy atom. The molecule has 0 bridgehead atoms. The van der Waals surface area contributed by atoms with Crippen molar-refractivity contribution in [3.05, 3.63) is 34.5 Å². The molecule has 0 aromatic carbocycles. The van der Waals surface area contributed by atoms with E-state index in [9.17, 15) is 4.79 Å². The molecule has 3 aromatic heterocycles. The van der Waals surface area contributed by atoms with Crippen molar-refractivity contribution in [1.29, 1.82) is 0 Å². The van der Waals surface area contributed by atoms with E-state index < -0.39 is 0 Å². The number of hydrogen-bond donors (Lipinski definition) is 2. The van der Waals surface area contributed by atoms with Crippen LogP contribution in [0.15, 0.2) is 33.4 Å². The number of halogens is 1. The van der Waals surface area contributed by atoms with Crippen LogP contribution in [-0.2, 0) is 0 Å². The number of rotatable bonds is 8. The summed E-state index contributed by atoms with van der Waals surface area (Å²) in [5, 5.41) is 10.7. The third kappa shape index (κ3) is 4.07. The molecule has 0 unspecified atom stereocenters. The fourth-order valence-electron chi connectivity index (χ4n) is 2.64. The van der Waals surface area contributed by atoms with Crippen LogP contribution in [0.1, 0.15) is 43.5 Å². The quantitative estimate of drug-likeness (QED) is 0.536. The zero-order valence-corrected chi connectivity index (χ0v) is 16.5. The molecule has 7 nitrogen and oxygen atoms in total. The van der Waals surface area contributed by atoms with E-state index in [4.69, 9.17) is 4.42 Å². The number of hydrogen-bond acceptors (Lipinski definition) is 5. The summed E-state index contributed by atoms with van der Waals surface area (Å²) < 4.78 is 7.96. The van der Waals surface area contributed by atoms with E-state index >= 15 is 0 Å². The van der Waals surface area contributed by atoms with Gasteiger partial charge in [0.05, 0.1) is 4.47 Å². The first-order valence-electron chi connectivity index (χ1n) is 8.79. The average molecular weight is 420 g/mol. The molecule has 0 aliphatic rings. The van der Waals surface area contributed by atoms with Crippen LogP contribution in [0.5, 0.6) is 0 Å². The van der Waals surface area contributed by atoms with Gasteiger partial charge in [0.2, 0.25) is 5.82 Å². The fraction of sp³-hybridized carbons (Fsp3) is 0.389. The molecule has 3 aromatic rings. The van der Waals surface area contributed by atoms with Crippen molar-refractivity contribution in [3.8, 4) is 11.6 Å². The van der Waals surface area contributed by atoms with Gasteiger partial charge in [-0.15, -0.1) is 5.10 Å². The Morgan fingerprint density at radius 3 is 2.81 bits per heavy atom. The molecule has 26 heavy (non-hydrogen) atoms. The Labute approximate surface area is 160 Å². The van der Waals surface area contributed by atoms with E-state index in [2.05, 4.69) is 43.6 Å². The van der Waals surface area contributed by atoms with E-state index in [-0.39, 0.29) is 5.91 Å². The minimum Gasteiger partial charge on any atom is -0.460 e. The second-order valence-electron chi connectivity index (χ2n) is 5.96. The zero-order chi connectivity index (χ0) is 18.5. The summed E-state index contributed by atoms with van der Waals surface area (Å²) in [5.41, 5.74) is 1.15. The third-order valence-electron chi connectivity index (χ3n) is 3.91. The van der Waals surface area contributed by atoms with E-state index in [1.54, 1.807) is 22.9 Å². The summed E-state index contributed by atoms with van der Waals surface area (Å²) in [6, 6.07) is 5.34. The number of fused-ring (bicyclic) bond motifs is 1. The highest BCUT2D eigenvalue weighted by molar-refractivity contribution is 9.10. The predicted octanol–water partition coefficient (Wildman–Crippen LogP) is 4.10. The lowest BCUT2D eigenvalue weighted by molar-refractivity contribution is 0.0953. The molecule has 0 fully saturated rings. The molecule has 1 amide bonds. The van der Waals surface area contributed by atoms with Gasteiger partial charge >= 0.3 is 0 Å². The van der Waals surface area contributed by atoms with Gasteiger partial charge in [0.25, 0.3) is 5.91 Å². The summed E-state index contributed by atoms with van der Waals surface area (Å²) in [5.74, 6) is 1.64. The van der Waals surface area contributed by atoms with Crippen LogP contribution in [-0.4, -0.2) is 33.6 Å². The average Bonchev–Trinajstić information content (AvgIpc) is 3.24. The minimum absolute atomic E-state index is 0.104. The van der Waals surface area contributed by atoms with Crippen LogP contribution in [0.25, 0.3) is 17.2 Å². The van der Waals surface area contributed by atoms with E-state index in [1.165, 1.54) is 0 Å². The second-order valence-corrected chi connectivity index (χ2v) is 6.87. The van der Waals surface area contributed by atoms with Crippen molar-refractivity contribution >= 4 is 33.3 Å². The van der Waals surface area contributed by atoms with Gasteiger partial charge in [-0.05, 0) is 41.4 Å². The smallest absolute Gasteiger partial charge is 0.251 e. The molecular weight excluding hydrogens is 398 g/mol. The van der Waals surface area contributed by atoms with E-state index in [0.29, 0.717) is 41.7 Å². The lowest BCUT2D eigenvalue weighted by atomic mass is 10.2. The number of carbonyl (C=O) groups excluding carboxylic acids is 1. The Balaban J connectivity index is 1.91. The van der Waals surface area contributed by atoms with Gasteiger partial charge in [-0.2, -0.15) is 4.52 Å². The highest BCUT2D eigenvalue weighted by atomic mass is 79.9. The van der Waals surface area contributed by atoms with Crippen molar-refractivity contribution in [2.75, 3.05) is 18.4 Å². The number of nitrogens with one attached hydrogen (secondary N) is 2. The molecule has 3 rings (SSSR count). The maximum Gasteiger partial charge on any atom is 0.251 e. The van der Waals surface area contributed by atoms with E-state index in [1.807, 2.05) is 13.0 Å². The molecule has 138 valence electrons. The number of unbranched alkanes of at least 4 members (excludes halogenated alkanes) is 2. The molecule has 0 saturated heterocycles. The van der Waals surface area contributed by atoms with Crippen molar-refractivity contribution < 1.29 is 9.21 Å². The van der Waals surface area contributed by atoms with Crippen LogP contribution >= 0.6 is 15.9 Å². The highest BCUT2D eigenvalue weighted by Gasteiger charge is 2.16. The van der Waals surface area contributed by atoms with Crippen LogP contribution < -0.4 is 10.6 Å². The molecule has 0 aliphatic heterocycles. The fourth-order valence-corrected chi connectivity index (χ4v) is 2.94. The third-order valence-corrected chi connectivity index (χ3v) is 4.33. The standard InChI is InChI=1S/C18H22BrN5O2/c1-3-5-6-7-21-18(25)12-8-15(20-4-2)24-16(9-12)22-17(23-24)14-10-13(19)11-26-14/h8-11,20H,3-7H2,1-2H3,(H,21,25). The maximum atomic E-state index is 12.5. The summed E-state index contributed by atoms with van der Waals surface area (Å²) >= 11 is 3.36. The van der Waals surface area contributed by atoms with Crippen LogP contribution in [0.3, 0.4) is 0 Å². The number of amides is 1. The number of aromatic nitrogens is 3. The lowest BCUT2D eigenvalue weighted by Gasteiger charge is -2.09. The first kappa shape index (κ1) is 18.4. The summed E-state index contributed by atoms with van der Waals surface area (Å²) in [6.45, 7) is 5.51. The van der Waals surface area contributed by atoms with Gasteiger partial charge in [-0.25, -0.2) is 4.98 Å². The van der Waals surface area contributed by atoms with Gasteiger partial charge in [-0.1, -0.05) is 19.8 Å². The SMILES string of the molecule is CCCCCNC(=O)c1cc(NCC)n2nc(-c3cc(Br)co3)nc2c1. The van der Waals surface area contributed by atoms with Gasteiger partial charge in [0.1, 0.15) is 12.1 Å². The Bertz CT molecular complexity index is 902. The molecule has 2 N–H and O–H groups in total. The number of furan rings is 1. The molecule has 8 heteroatoms. The van der Waals surface area contributed by atoms with Crippen LogP contribution in [0.4, 0.5) is 5.82 Å².